The highest BCUT2D eigenvalue weighted by Crippen LogP contribution is 2.29. The van der Waals surface area contributed by atoms with E-state index in [9.17, 15) is 0 Å². The maximum atomic E-state index is 7.31. The van der Waals surface area contributed by atoms with Gasteiger partial charge in [-0.05, 0) is 6.92 Å². The van der Waals surface area contributed by atoms with Crippen LogP contribution in [0, 0.1) is 12.3 Å². The summed E-state index contributed by atoms with van der Waals surface area (Å²) in [5.74, 6) is 0.986. The van der Waals surface area contributed by atoms with Gasteiger partial charge in [-0.15, -0.1) is 0 Å². The van der Waals surface area contributed by atoms with Crippen molar-refractivity contribution >= 4 is 5.84 Å². The molecule has 1 aliphatic heterocycles. The number of fused-ring (bicyclic) bond motifs is 1. The largest absolute Gasteiger partial charge is 0.467 e. The van der Waals surface area contributed by atoms with Crippen LogP contribution in [0.1, 0.15) is 16.7 Å². The summed E-state index contributed by atoms with van der Waals surface area (Å²) in [5, 5.41) is 7.31. The summed E-state index contributed by atoms with van der Waals surface area (Å²) < 4.78 is 10.6. The van der Waals surface area contributed by atoms with Crippen molar-refractivity contribution in [3.8, 4) is 5.75 Å². The maximum Gasteiger partial charge on any atom is 0.189 e. The number of aryl methyl sites for hydroxylation is 1. The average Bonchev–Trinajstić information content (AvgIpc) is 2.16. The molecule has 0 fully saturated rings. The van der Waals surface area contributed by atoms with Crippen molar-refractivity contribution < 1.29 is 9.47 Å². The van der Waals surface area contributed by atoms with E-state index in [-0.39, 0.29) is 12.6 Å². The van der Waals surface area contributed by atoms with Gasteiger partial charge in [0.25, 0.3) is 0 Å². The molecule has 1 aromatic carbocycles. The van der Waals surface area contributed by atoms with Gasteiger partial charge in [0.2, 0.25) is 0 Å². The summed E-state index contributed by atoms with van der Waals surface area (Å²) in [6, 6.07) is 4.05. The van der Waals surface area contributed by atoms with Crippen LogP contribution in [0.3, 0.4) is 0 Å². The minimum Gasteiger partial charge on any atom is -0.467 e. The summed E-state index contributed by atoms with van der Waals surface area (Å²) in [4.78, 5) is 0. The number of rotatable bonds is 2. The number of benzene rings is 1. The van der Waals surface area contributed by atoms with Gasteiger partial charge in [-0.1, -0.05) is 17.7 Å². The molecule has 4 nitrogen and oxygen atoms in total. The molecule has 0 saturated carbocycles. The molecule has 0 saturated heterocycles. The highest BCUT2D eigenvalue weighted by Gasteiger charge is 2.15. The van der Waals surface area contributed by atoms with Crippen molar-refractivity contribution in [2.75, 3.05) is 6.79 Å². The molecule has 1 aliphatic rings. The Morgan fingerprint density at radius 3 is 3.07 bits per heavy atom. The maximum absolute atomic E-state index is 7.31. The van der Waals surface area contributed by atoms with Gasteiger partial charge in [0.15, 0.2) is 6.79 Å². The molecule has 0 bridgehead atoms. The molecular formula is C11H14N2O2. The van der Waals surface area contributed by atoms with Crippen LogP contribution in [0.2, 0.25) is 0 Å². The molecule has 0 aromatic heterocycles. The van der Waals surface area contributed by atoms with Crippen LogP contribution >= 0.6 is 0 Å². The van der Waals surface area contributed by atoms with Gasteiger partial charge >= 0.3 is 0 Å². The molecule has 80 valence electrons. The van der Waals surface area contributed by atoms with Crippen LogP contribution in [-0.2, 0) is 17.8 Å². The van der Waals surface area contributed by atoms with Gasteiger partial charge in [-0.2, -0.15) is 0 Å². The quantitative estimate of drug-likeness (QED) is 0.566. The van der Waals surface area contributed by atoms with E-state index in [0.29, 0.717) is 13.0 Å². The lowest BCUT2D eigenvalue weighted by molar-refractivity contribution is -0.0169. The SMILES string of the molecule is Cc1cc2c(c(CC(=N)N)c1)OCOC2. The van der Waals surface area contributed by atoms with E-state index < -0.39 is 0 Å². The minimum absolute atomic E-state index is 0.151. The van der Waals surface area contributed by atoms with Crippen LogP contribution in [0.25, 0.3) is 0 Å². The average molecular weight is 206 g/mol. The van der Waals surface area contributed by atoms with Crippen LogP contribution < -0.4 is 10.5 Å². The third-order valence-electron chi connectivity index (χ3n) is 2.31. The molecule has 0 spiro atoms. The Bertz CT molecular complexity index is 402. The van der Waals surface area contributed by atoms with Gasteiger partial charge in [0.05, 0.1) is 12.4 Å². The van der Waals surface area contributed by atoms with E-state index in [0.717, 1.165) is 22.4 Å². The zero-order chi connectivity index (χ0) is 10.8. The number of hydrogen-bond donors (Lipinski definition) is 2. The van der Waals surface area contributed by atoms with Crippen LogP contribution in [0.4, 0.5) is 0 Å². The van der Waals surface area contributed by atoms with Gasteiger partial charge in [-0.3, -0.25) is 5.41 Å². The first kappa shape index (κ1) is 9.98. The van der Waals surface area contributed by atoms with Crippen LogP contribution in [0.5, 0.6) is 5.75 Å². The molecule has 1 heterocycles. The first-order chi connectivity index (χ1) is 7.16. The molecule has 2 rings (SSSR count). The monoisotopic (exact) mass is 206 g/mol. The summed E-state index contributed by atoms with van der Waals surface area (Å²) >= 11 is 0. The van der Waals surface area contributed by atoms with Gasteiger partial charge in [0, 0.05) is 17.5 Å². The molecule has 4 heteroatoms. The summed E-state index contributed by atoms with van der Waals surface area (Å²) in [6.07, 6.45) is 0.435. The smallest absolute Gasteiger partial charge is 0.189 e. The third-order valence-corrected chi connectivity index (χ3v) is 2.31. The fraction of sp³-hybridized carbons (Fsp3) is 0.364. The summed E-state index contributed by atoms with van der Waals surface area (Å²) in [5.41, 5.74) is 8.55. The Morgan fingerprint density at radius 2 is 2.33 bits per heavy atom. The summed E-state index contributed by atoms with van der Waals surface area (Å²) in [7, 11) is 0. The fourth-order valence-corrected chi connectivity index (χ4v) is 1.81. The third kappa shape index (κ3) is 2.10. The topological polar surface area (TPSA) is 68.3 Å². The number of amidine groups is 1. The van der Waals surface area contributed by atoms with Crippen molar-refractivity contribution in [1.82, 2.24) is 0 Å². The number of nitrogens with two attached hydrogens (primary N) is 1. The second-order valence-corrected chi connectivity index (χ2v) is 3.72. The predicted molar refractivity (Wildman–Crippen MR) is 57.1 cm³/mol. The first-order valence-corrected chi connectivity index (χ1v) is 4.82. The highest BCUT2D eigenvalue weighted by molar-refractivity contribution is 5.80. The molecular weight excluding hydrogens is 192 g/mol. The molecule has 0 radical (unpaired) electrons. The lowest BCUT2D eigenvalue weighted by atomic mass is 10.0. The highest BCUT2D eigenvalue weighted by atomic mass is 16.7. The molecule has 15 heavy (non-hydrogen) atoms. The van der Waals surface area contributed by atoms with E-state index in [1.807, 2.05) is 19.1 Å². The number of nitrogens with one attached hydrogen (secondary N) is 1. The van der Waals surface area contributed by atoms with E-state index in [4.69, 9.17) is 20.6 Å². The molecule has 0 atom stereocenters. The van der Waals surface area contributed by atoms with Gasteiger partial charge in [0.1, 0.15) is 5.75 Å². The first-order valence-electron chi connectivity index (χ1n) is 4.82. The zero-order valence-electron chi connectivity index (χ0n) is 8.67. The molecule has 0 unspecified atom stereocenters. The molecule has 1 aromatic rings. The van der Waals surface area contributed by atoms with Crippen LogP contribution in [-0.4, -0.2) is 12.6 Å². The standard InChI is InChI=1S/C11H14N2O2/c1-7-2-8(4-10(12)13)11-9(3-7)5-14-6-15-11/h2-3H,4-6H2,1H3,(H3,12,13). The Labute approximate surface area is 88.5 Å². The lowest BCUT2D eigenvalue weighted by Gasteiger charge is -2.21. The number of ether oxygens (including phenoxy) is 2. The fourth-order valence-electron chi connectivity index (χ4n) is 1.81. The second-order valence-electron chi connectivity index (χ2n) is 3.72. The number of hydrogen-bond acceptors (Lipinski definition) is 3. The Morgan fingerprint density at radius 1 is 1.53 bits per heavy atom. The molecule has 0 amide bonds. The van der Waals surface area contributed by atoms with Crippen molar-refractivity contribution in [2.24, 2.45) is 5.73 Å². The van der Waals surface area contributed by atoms with Gasteiger partial charge in [-0.25, -0.2) is 0 Å². The van der Waals surface area contributed by atoms with Crippen LogP contribution in [0.15, 0.2) is 12.1 Å². The Hall–Kier alpha value is -1.55. The van der Waals surface area contributed by atoms with Crippen molar-refractivity contribution in [1.29, 1.82) is 5.41 Å². The van der Waals surface area contributed by atoms with Crippen molar-refractivity contribution in [2.45, 2.75) is 20.0 Å². The van der Waals surface area contributed by atoms with Crippen molar-refractivity contribution in [3.63, 3.8) is 0 Å². The van der Waals surface area contributed by atoms with Crippen molar-refractivity contribution in [3.05, 3.63) is 28.8 Å². The van der Waals surface area contributed by atoms with E-state index in [1.165, 1.54) is 0 Å². The Kier molecular flexibility index (Phi) is 2.60. The lowest BCUT2D eigenvalue weighted by Crippen LogP contribution is -2.17. The minimum atomic E-state index is 0.151. The Balaban J connectivity index is 2.43. The normalized spacial score (nSPS) is 14.2. The zero-order valence-corrected chi connectivity index (χ0v) is 8.67. The predicted octanol–water partition coefficient (Wildman–Crippen LogP) is 1.34. The van der Waals surface area contributed by atoms with E-state index >= 15 is 0 Å². The molecule has 0 aliphatic carbocycles. The second kappa shape index (κ2) is 3.90. The summed E-state index contributed by atoms with van der Waals surface area (Å²) in [6.45, 7) is 2.86. The molecule has 3 N–H and O–H groups in total. The van der Waals surface area contributed by atoms with E-state index in [2.05, 4.69) is 0 Å². The van der Waals surface area contributed by atoms with Gasteiger partial charge < -0.3 is 15.2 Å². The van der Waals surface area contributed by atoms with E-state index in [1.54, 1.807) is 0 Å².